The van der Waals surface area contributed by atoms with Gasteiger partial charge in [0.2, 0.25) is 5.91 Å². The first-order valence-electron chi connectivity index (χ1n) is 9.86. The zero-order valence-electron chi connectivity index (χ0n) is 17.2. The van der Waals surface area contributed by atoms with Crippen LogP contribution in [0.3, 0.4) is 0 Å². The van der Waals surface area contributed by atoms with Gasteiger partial charge in [-0.3, -0.25) is 19.7 Å². The maximum atomic E-state index is 11.9. The molecule has 1 saturated heterocycles. The van der Waals surface area contributed by atoms with E-state index in [1.165, 1.54) is 11.1 Å². The number of guanidine groups is 1. The van der Waals surface area contributed by atoms with E-state index in [4.69, 9.17) is 4.99 Å². The minimum Gasteiger partial charge on any atom is -0.357 e. The smallest absolute Gasteiger partial charge is 0.236 e. The second-order valence-electron chi connectivity index (χ2n) is 7.30. The van der Waals surface area contributed by atoms with Crippen LogP contribution in [0.4, 0.5) is 0 Å². The fourth-order valence-electron chi connectivity index (χ4n) is 3.15. The van der Waals surface area contributed by atoms with Crippen LogP contribution in [0.1, 0.15) is 30.9 Å². The molecule has 2 N–H and O–H groups in total. The van der Waals surface area contributed by atoms with Gasteiger partial charge in [-0.1, -0.05) is 0 Å². The molecule has 0 unspecified atom stereocenters. The third-order valence-electron chi connectivity index (χ3n) is 4.92. The van der Waals surface area contributed by atoms with Crippen LogP contribution in [0.15, 0.2) is 23.5 Å². The van der Waals surface area contributed by atoms with Crippen molar-refractivity contribution < 1.29 is 4.79 Å². The average molecular weight is 375 g/mol. The van der Waals surface area contributed by atoms with Crippen molar-refractivity contribution in [3.8, 4) is 0 Å². The Morgan fingerprint density at radius 1 is 1.37 bits per heavy atom. The van der Waals surface area contributed by atoms with Crippen molar-refractivity contribution >= 4 is 11.9 Å². The molecule has 0 radical (unpaired) electrons. The topological polar surface area (TPSA) is 72.9 Å². The summed E-state index contributed by atoms with van der Waals surface area (Å²) in [6.07, 6.45) is 6.70. The number of nitrogens with zero attached hydrogens (tertiary/aromatic N) is 4. The molecule has 2 heterocycles. The predicted molar refractivity (Wildman–Crippen MR) is 110 cm³/mol. The molecule has 1 aromatic heterocycles. The lowest BCUT2D eigenvalue weighted by molar-refractivity contribution is -0.130. The van der Waals surface area contributed by atoms with Crippen molar-refractivity contribution in [3.63, 3.8) is 0 Å². The molecular weight excluding hydrogens is 340 g/mol. The van der Waals surface area contributed by atoms with Crippen molar-refractivity contribution in [3.05, 3.63) is 29.6 Å². The van der Waals surface area contributed by atoms with Crippen molar-refractivity contribution in [2.45, 2.75) is 39.2 Å². The van der Waals surface area contributed by atoms with Gasteiger partial charge in [0, 0.05) is 58.7 Å². The summed E-state index contributed by atoms with van der Waals surface area (Å²) in [5.74, 6) is 1.05. The average Bonchev–Trinajstić information content (AvgIpc) is 2.65. The number of carbonyl (C=O) groups is 1. The Bertz CT molecular complexity index is 623. The third-order valence-corrected chi connectivity index (χ3v) is 4.92. The van der Waals surface area contributed by atoms with Gasteiger partial charge >= 0.3 is 0 Å². The van der Waals surface area contributed by atoms with E-state index in [9.17, 15) is 4.79 Å². The van der Waals surface area contributed by atoms with Gasteiger partial charge in [-0.2, -0.15) is 0 Å². The molecule has 1 aliphatic heterocycles. The van der Waals surface area contributed by atoms with Crippen molar-refractivity contribution in [1.82, 2.24) is 25.4 Å². The summed E-state index contributed by atoms with van der Waals surface area (Å²) in [5.41, 5.74) is 2.51. The molecule has 0 aromatic carbocycles. The Morgan fingerprint density at radius 3 is 2.74 bits per heavy atom. The van der Waals surface area contributed by atoms with Crippen molar-refractivity contribution in [1.29, 1.82) is 0 Å². The van der Waals surface area contributed by atoms with Crippen molar-refractivity contribution in [2.24, 2.45) is 4.99 Å². The van der Waals surface area contributed by atoms with Crippen molar-refractivity contribution in [2.75, 3.05) is 46.8 Å². The molecule has 1 amide bonds. The van der Waals surface area contributed by atoms with E-state index in [1.54, 1.807) is 4.90 Å². The molecule has 0 atom stereocenters. The first kappa shape index (κ1) is 21.2. The van der Waals surface area contributed by atoms with E-state index in [-0.39, 0.29) is 5.91 Å². The summed E-state index contributed by atoms with van der Waals surface area (Å²) >= 11 is 0. The molecule has 0 saturated carbocycles. The number of aryl methyl sites for hydroxylation is 1. The largest absolute Gasteiger partial charge is 0.357 e. The monoisotopic (exact) mass is 374 g/mol. The van der Waals surface area contributed by atoms with E-state index in [0.29, 0.717) is 12.6 Å². The van der Waals surface area contributed by atoms with Crippen LogP contribution in [0.25, 0.3) is 0 Å². The van der Waals surface area contributed by atoms with Crippen LogP contribution in [0.2, 0.25) is 0 Å². The molecular formula is C20H34N6O. The van der Waals surface area contributed by atoms with E-state index >= 15 is 0 Å². The predicted octanol–water partition coefficient (Wildman–Crippen LogP) is 1.04. The number of nitrogens with one attached hydrogen (secondary N) is 2. The van der Waals surface area contributed by atoms with E-state index in [1.807, 2.05) is 26.5 Å². The summed E-state index contributed by atoms with van der Waals surface area (Å²) < 4.78 is 0. The van der Waals surface area contributed by atoms with Crippen LogP contribution in [0, 0.1) is 6.92 Å². The fourth-order valence-corrected chi connectivity index (χ4v) is 3.15. The third kappa shape index (κ3) is 7.17. The first-order valence-corrected chi connectivity index (χ1v) is 9.86. The SMILES string of the molecule is CCNC(=NCCc1ccncc1C)NC1CCN(CC(=O)N(C)C)CC1. The molecule has 1 aliphatic rings. The molecule has 150 valence electrons. The van der Waals surface area contributed by atoms with Gasteiger partial charge in [0.15, 0.2) is 5.96 Å². The number of likely N-dealkylation sites (N-methyl/N-ethyl adjacent to an activating group) is 1. The molecule has 7 heteroatoms. The van der Waals surface area contributed by atoms with E-state index in [0.717, 1.165) is 51.4 Å². The van der Waals surface area contributed by atoms with Gasteiger partial charge in [-0.15, -0.1) is 0 Å². The lowest BCUT2D eigenvalue weighted by Gasteiger charge is -2.33. The second-order valence-corrected chi connectivity index (χ2v) is 7.30. The molecule has 0 spiro atoms. The van der Waals surface area contributed by atoms with Gasteiger partial charge in [-0.25, -0.2) is 0 Å². The zero-order chi connectivity index (χ0) is 19.6. The Morgan fingerprint density at radius 2 is 2.11 bits per heavy atom. The number of likely N-dealkylation sites (tertiary alicyclic amines) is 1. The number of hydrogen-bond acceptors (Lipinski definition) is 4. The molecule has 0 aliphatic carbocycles. The summed E-state index contributed by atoms with van der Waals surface area (Å²) in [7, 11) is 3.62. The van der Waals surface area contributed by atoms with Crippen LogP contribution in [0.5, 0.6) is 0 Å². The number of aromatic nitrogens is 1. The maximum Gasteiger partial charge on any atom is 0.236 e. The van der Waals surface area contributed by atoms with Gasteiger partial charge in [-0.05, 0) is 50.3 Å². The van der Waals surface area contributed by atoms with Gasteiger partial charge in [0.05, 0.1) is 6.54 Å². The summed E-state index contributed by atoms with van der Waals surface area (Å²) in [6.45, 7) is 8.15. The highest BCUT2D eigenvalue weighted by molar-refractivity contribution is 5.80. The van der Waals surface area contributed by atoms with Crippen LogP contribution < -0.4 is 10.6 Å². The highest BCUT2D eigenvalue weighted by Crippen LogP contribution is 2.10. The normalized spacial score (nSPS) is 16.2. The van der Waals surface area contributed by atoms with Gasteiger partial charge < -0.3 is 15.5 Å². The van der Waals surface area contributed by atoms with E-state index < -0.39 is 0 Å². The van der Waals surface area contributed by atoms with Crippen LogP contribution >= 0.6 is 0 Å². The summed E-state index contributed by atoms with van der Waals surface area (Å²) in [4.78, 5) is 24.6. The van der Waals surface area contributed by atoms with Gasteiger partial charge in [0.25, 0.3) is 0 Å². The number of hydrogen-bond donors (Lipinski definition) is 2. The second kappa shape index (κ2) is 10.9. The molecule has 7 nitrogen and oxygen atoms in total. The summed E-state index contributed by atoms with van der Waals surface area (Å²) in [6, 6.07) is 2.46. The number of piperidine rings is 1. The quantitative estimate of drug-likeness (QED) is 0.551. The maximum absolute atomic E-state index is 11.9. The van der Waals surface area contributed by atoms with Crippen LogP contribution in [-0.2, 0) is 11.2 Å². The number of aliphatic imine (C=N–C) groups is 1. The Hall–Kier alpha value is -2.15. The number of carbonyl (C=O) groups excluding carboxylic acids is 1. The highest BCUT2D eigenvalue weighted by atomic mass is 16.2. The Kier molecular flexibility index (Phi) is 8.51. The first-order chi connectivity index (χ1) is 13.0. The van der Waals surface area contributed by atoms with Gasteiger partial charge in [0.1, 0.15) is 0 Å². The highest BCUT2D eigenvalue weighted by Gasteiger charge is 2.21. The minimum atomic E-state index is 0.169. The Labute approximate surface area is 163 Å². The lowest BCUT2D eigenvalue weighted by Crippen LogP contribution is -2.50. The molecule has 1 fully saturated rings. The molecule has 2 rings (SSSR count). The minimum absolute atomic E-state index is 0.169. The molecule has 27 heavy (non-hydrogen) atoms. The van der Waals surface area contributed by atoms with E-state index in [2.05, 4.69) is 40.4 Å². The Balaban J connectivity index is 1.80. The lowest BCUT2D eigenvalue weighted by atomic mass is 10.1. The standard InChI is InChI=1S/C20H34N6O/c1-5-22-20(23-11-7-17-6-10-21-14-16(17)2)24-18-8-12-26(13-9-18)15-19(27)25(3)4/h6,10,14,18H,5,7-9,11-13,15H2,1-4H3,(H2,22,23,24). The zero-order valence-corrected chi connectivity index (χ0v) is 17.2. The number of rotatable bonds is 7. The fraction of sp³-hybridized carbons (Fsp3) is 0.650. The summed E-state index contributed by atoms with van der Waals surface area (Å²) in [5, 5.41) is 6.90. The molecule has 0 bridgehead atoms. The number of pyridine rings is 1. The molecule has 1 aromatic rings. The number of amides is 1. The van der Waals surface area contributed by atoms with Crippen LogP contribution in [-0.4, -0.2) is 79.5 Å².